The first-order valence-corrected chi connectivity index (χ1v) is 6.76. The van der Waals surface area contributed by atoms with Crippen LogP contribution in [0.25, 0.3) is 5.95 Å². The molecule has 0 radical (unpaired) electrons. The Kier molecular flexibility index (Phi) is 3.65. The zero-order chi connectivity index (χ0) is 14.8. The summed E-state index contributed by atoms with van der Waals surface area (Å²) in [6, 6.07) is 0.0785. The third-order valence-corrected chi connectivity index (χ3v) is 3.35. The summed E-state index contributed by atoms with van der Waals surface area (Å²) in [6.45, 7) is 0.598. The van der Waals surface area contributed by atoms with Crippen LogP contribution in [0.4, 0.5) is 5.95 Å². The number of likely N-dealkylation sites (N-methyl/N-ethyl adjacent to an activating group) is 1. The number of rotatable bonds is 3. The smallest absolute Gasteiger partial charge is 0.258 e. The van der Waals surface area contributed by atoms with E-state index in [2.05, 4.69) is 30.4 Å². The molecule has 1 amide bonds. The number of piperidine rings is 1. The van der Waals surface area contributed by atoms with Crippen molar-refractivity contribution < 1.29 is 4.79 Å². The van der Waals surface area contributed by atoms with Crippen LogP contribution < -0.4 is 5.32 Å². The van der Waals surface area contributed by atoms with Gasteiger partial charge in [-0.3, -0.25) is 4.79 Å². The van der Waals surface area contributed by atoms with Gasteiger partial charge in [-0.25, -0.2) is 4.98 Å². The average Bonchev–Trinajstić information content (AvgIpc) is 2.96. The summed E-state index contributed by atoms with van der Waals surface area (Å²) in [4.78, 5) is 29.3. The Balaban J connectivity index is 1.78. The first kappa shape index (κ1) is 13.7. The molecule has 2 aromatic rings. The van der Waals surface area contributed by atoms with Gasteiger partial charge in [-0.2, -0.15) is 24.7 Å². The molecule has 110 valence electrons. The van der Waals surface area contributed by atoms with E-state index in [1.807, 2.05) is 0 Å². The summed E-state index contributed by atoms with van der Waals surface area (Å²) >= 11 is 5.91. The van der Waals surface area contributed by atoms with Crippen molar-refractivity contribution in [2.45, 2.75) is 18.9 Å². The number of aromatic nitrogens is 6. The number of halogens is 1. The van der Waals surface area contributed by atoms with E-state index >= 15 is 0 Å². The second-order valence-electron chi connectivity index (χ2n) is 4.72. The fraction of sp³-hybridized carbons (Fsp3) is 0.455. The van der Waals surface area contributed by atoms with Crippen molar-refractivity contribution >= 4 is 23.5 Å². The Hall–Kier alpha value is -2.29. The SMILES string of the molecule is CN1CC(Nc2nc(Cl)nc(-n3cncn3)n2)CCC1=O. The molecule has 1 fully saturated rings. The third kappa shape index (κ3) is 3.07. The number of hydrogen-bond acceptors (Lipinski definition) is 7. The molecule has 1 saturated heterocycles. The van der Waals surface area contributed by atoms with Crippen LogP contribution in [0.1, 0.15) is 12.8 Å². The zero-order valence-corrected chi connectivity index (χ0v) is 12.0. The zero-order valence-electron chi connectivity index (χ0n) is 11.3. The highest BCUT2D eigenvalue weighted by Gasteiger charge is 2.23. The lowest BCUT2D eigenvalue weighted by Gasteiger charge is -2.30. The fourth-order valence-electron chi connectivity index (χ4n) is 2.13. The van der Waals surface area contributed by atoms with Gasteiger partial charge in [-0.1, -0.05) is 0 Å². The Morgan fingerprint density at radius 2 is 2.24 bits per heavy atom. The van der Waals surface area contributed by atoms with Crippen LogP contribution in [0.5, 0.6) is 0 Å². The minimum absolute atomic E-state index is 0.0678. The highest BCUT2D eigenvalue weighted by Crippen LogP contribution is 2.15. The molecule has 21 heavy (non-hydrogen) atoms. The van der Waals surface area contributed by atoms with E-state index in [-0.39, 0.29) is 23.2 Å². The molecule has 2 aromatic heterocycles. The molecule has 0 spiro atoms. The number of amides is 1. The van der Waals surface area contributed by atoms with Crippen LogP contribution in [0.3, 0.4) is 0 Å². The molecule has 0 saturated carbocycles. The topological polar surface area (TPSA) is 102 Å². The number of anilines is 1. The number of hydrogen-bond donors (Lipinski definition) is 1. The first-order valence-electron chi connectivity index (χ1n) is 6.39. The number of likely N-dealkylation sites (tertiary alicyclic amines) is 1. The quantitative estimate of drug-likeness (QED) is 0.860. The summed E-state index contributed by atoms with van der Waals surface area (Å²) in [7, 11) is 1.78. The van der Waals surface area contributed by atoms with Gasteiger partial charge < -0.3 is 10.2 Å². The average molecular weight is 309 g/mol. The van der Waals surface area contributed by atoms with Crippen molar-refractivity contribution in [2.24, 2.45) is 0 Å². The van der Waals surface area contributed by atoms with E-state index in [4.69, 9.17) is 11.6 Å². The second-order valence-corrected chi connectivity index (χ2v) is 5.06. The predicted octanol–water partition coefficient (Wildman–Crippen LogP) is 0.138. The number of nitrogens with one attached hydrogen (secondary N) is 1. The van der Waals surface area contributed by atoms with Crippen LogP contribution in [0, 0.1) is 0 Å². The molecule has 1 unspecified atom stereocenters. The van der Waals surface area contributed by atoms with Gasteiger partial charge in [0.05, 0.1) is 0 Å². The van der Waals surface area contributed by atoms with Crippen LogP contribution >= 0.6 is 11.6 Å². The summed E-state index contributed by atoms with van der Waals surface area (Å²) in [5.41, 5.74) is 0. The summed E-state index contributed by atoms with van der Waals surface area (Å²) < 4.78 is 1.40. The van der Waals surface area contributed by atoms with Crippen molar-refractivity contribution in [1.82, 2.24) is 34.6 Å². The maximum absolute atomic E-state index is 11.5. The summed E-state index contributed by atoms with van der Waals surface area (Å²) in [5.74, 6) is 0.786. The summed E-state index contributed by atoms with van der Waals surface area (Å²) in [6.07, 6.45) is 4.09. The molecular formula is C11H13ClN8O. The number of nitrogens with zero attached hydrogens (tertiary/aromatic N) is 7. The normalized spacial score (nSPS) is 18.9. The maximum Gasteiger partial charge on any atom is 0.258 e. The molecule has 0 bridgehead atoms. The van der Waals surface area contributed by atoms with Gasteiger partial charge in [0.1, 0.15) is 12.7 Å². The number of carbonyl (C=O) groups is 1. The van der Waals surface area contributed by atoms with Gasteiger partial charge >= 0.3 is 0 Å². The van der Waals surface area contributed by atoms with Gasteiger partial charge in [0, 0.05) is 26.1 Å². The fourth-order valence-corrected chi connectivity index (χ4v) is 2.29. The van der Waals surface area contributed by atoms with Gasteiger partial charge in [0.25, 0.3) is 5.95 Å². The Bertz CT molecular complexity index is 646. The second kappa shape index (κ2) is 5.60. The first-order chi connectivity index (χ1) is 10.1. The third-order valence-electron chi connectivity index (χ3n) is 3.18. The van der Waals surface area contributed by atoms with Crippen molar-refractivity contribution in [3.63, 3.8) is 0 Å². The minimum atomic E-state index is 0.0678. The highest BCUT2D eigenvalue weighted by molar-refractivity contribution is 6.28. The Morgan fingerprint density at radius 3 is 2.95 bits per heavy atom. The Labute approximate surface area is 125 Å². The van der Waals surface area contributed by atoms with Gasteiger partial charge in [-0.05, 0) is 18.0 Å². The van der Waals surface area contributed by atoms with E-state index in [0.717, 1.165) is 6.42 Å². The largest absolute Gasteiger partial charge is 0.350 e. The van der Waals surface area contributed by atoms with Gasteiger partial charge in [-0.15, -0.1) is 0 Å². The van der Waals surface area contributed by atoms with Crippen LogP contribution in [-0.4, -0.2) is 60.2 Å². The van der Waals surface area contributed by atoms with E-state index in [1.54, 1.807) is 11.9 Å². The van der Waals surface area contributed by atoms with E-state index < -0.39 is 0 Å². The number of carbonyl (C=O) groups excluding carboxylic acids is 1. The summed E-state index contributed by atoms with van der Waals surface area (Å²) in [5, 5.41) is 7.19. The maximum atomic E-state index is 11.5. The van der Waals surface area contributed by atoms with Crippen LogP contribution in [-0.2, 0) is 4.79 Å². The molecule has 1 aliphatic rings. The molecule has 0 aliphatic carbocycles. The van der Waals surface area contributed by atoms with Gasteiger partial charge in [0.2, 0.25) is 17.1 Å². The van der Waals surface area contributed by atoms with E-state index in [9.17, 15) is 4.79 Å². The molecule has 3 heterocycles. The molecular weight excluding hydrogens is 296 g/mol. The highest BCUT2D eigenvalue weighted by atomic mass is 35.5. The van der Waals surface area contributed by atoms with Crippen molar-refractivity contribution in [3.8, 4) is 5.95 Å². The predicted molar refractivity (Wildman–Crippen MR) is 74.0 cm³/mol. The lowest BCUT2D eigenvalue weighted by atomic mass is 10.1. The lowest BCUT2D eigenvalue weighted by molar-refractivity contribution is -0.132. The van der Waals surface area contributed by atoms with E-state index in [1.165, 1.54) is 17.3 Å². The van der Waals surface area contributed by atoms with Crippen molar-refractivity contribution in [3.05, 3.63) is 17.9 Å². The molecule has 10 heteroatoms. The van der Waals surface area contributed by atoms with Crippen LogP contribution in [0.15, 0.2) is 12.7 Å². The molecule has 1 atom stereocenters. The molecule has 0 aromatic carbocycles. The lowest BCUT2D eigenvalue weighted by Crippen LogP contribution is -2.43. The molecule has 1 N–H and O–H groups in total. The molecule has 3 rings (SSSR count). The molecule has 1 aliphatic heterocycles. The monoisotopic (exact) mass is 308 g/mol. The minimum Gasteiger partial charge on any atom is -0.350 e. The van der Waals surface area contributed by atoms with Crippen molar-refractivity contribution in [1.29, 1.82) is 0 Å². The van der Waals surface area contributed by atoms with Gasteiger partial charge in [0.15, 0.2) is 0 Å². The Morgan fingerprint density at radius 1 is 1.38 bits per heavy atom. The molecule has 9 nitrogen and oxygen atoms in total. The van der Waals surface area contributed by atoms with Crippen molar-refractivity contribution in [2.75, 3.05) is 18.9 Å². The van der Waals surface area contributed by atoms with Crippen LogP contribution in [0.2, 0.25) is 5.28 Å². The standard InChI is InChI=1S/C11H13ClN8O/c1-19-4-7(2-3-8(19)21)15-10-16-9(12)17-11(18-10)20-6-13-5-14-20/h5-7H,2-4H2,1H3,(H,15,16,17,18). The van der Waals surface area contributed by atoms with E-state index in [0.29, 0.717) is 18.9 Å².